The monoisotopic (exact) mass is 336 g/mol. The van der Waals surface area contributed by atoms with Gasteiger partial charge in [0.1, 0.15) is 4.88 Å². The minimum atomic E-state index is -0.398. The van der Waals surface area contributed by atoms with Crippen LogP contribution in [-0.2, 0) is 0 Å². The molecular weight excluding hydrogens is 320 g/mol. The smallest absolute Gasteiger partial charge is 0.283 e. The molecule has 2 rings (SSSR count). The normalized spacial score (nSPS) is 10.7. The molecule has 0 spiro atoms. The first-order chi connectivity index (χ1) is 11.0. The van der Waals surface area contributed by atoms with Gasteiger partial charge < -0.3 is 20.3 Å². The zero-order chi connectivity index (χ0) is 17.0. The number of phenols is 1. The van der Waals surface area contributed by atoms with Crippen molar-refractivity contribution in [2.45, 2.75) is 6.92 Å². The number of thiazole rings is 1. The number of anilines is 1. The highest BCUT2D eigenvalue weighted by atomic mass is 32.1. The average molecular weight is 336 g/mol. The number of benzene rings is 1. The number of hydrazone groups is 1. The molecule has 4 N–H and O–H groups in total. The summed E-state index contributed by atoms with van der Waals surface area (Å²) < 4.78 is 10.1. The van der Waals surface area contributed by atoms with Crippen molar-refractivity contribution in [3.05, 3.63) is 28.3 Å². The average Bonchev–Trinajstić information content (AvgIpc) is 2.87. The second-order valence-electron chi connectivity index (χ2n) is 4.44. The Hall–Kier alpha value is -2.81. The molecule has 122 valence electrons. The molecule has 0 aliphatic carbocycles. The maximum atomic E-state index is 12.0. The number of hydrogen-bond donors (Lipinski definition) is 3. The van der Waals surface area contributed by atoms with Crippen molar-refractivity contribution < 1.29 is 19.4 Å². The summed E-state index contributed by atoms with van der Waals surface area (Å²) in [6.45, 7) is 1.70. The lowest BCUT2D eigenvalue weighted by atomic mass is 10.2. The third kappa shape index (κ3) is 3.69. The number of hydrogen-bond acceptors (Lipinski definition) is 8. The lowest BCUT2D eigenvalue weighted by Crippen LogP contribution is -2.17. The number of nitrogens with zero attached hydrogens (tertiary/aromatic N) is 2. The van der Waals surface area contributed by atoms with E-state index in [1.807, 2.05) is 0 Å². The summed E-state index contributed by atoms with van der Waals surface area (Å²) in [6.07, 6.45) is 1.40. The van der Waals surface area contributed by atoms with E-state index in [1.54, 1.807) is 19.1 Å². The zero-order valence-corrected chi connectivity index (χ0v) is 13.6. The number of nitrogens with two attached hydrogens (primary N) is 1. The number of ether oxygens (including phenoxy) is 2. The topological polar surface area (TPSA) is 119 Å². The van der Waals surface area contributed by atoms with E-state index in [9.17, 15) is 9.90 Å². The second kappa shape index (κ2) is 6.97. The fraction of sp³-hybridized carbons (Fsp3) is 0.214. The van der Waals surface area contributed by atoms with Crippen molar-refractivity contribution >= 4 is 28.6 Å². The molecule has 0 fully saturated rings. The molecule has 8 nitrogen and oxygen atoms in total. The van der Waals surface area contributed by atoms with Gasteiger partial charge in [-0.3, -0.25) is 4.79 Å². The zero-order valence-electron chi connectivity index (χ0n) is 12.8. The van der Waals surface area contributed by atoms with Gasteiger partial charge in [-0.05, 0) is 19.1 Å². The van der Waals surface area contributed by atoms with Gasteiger partial charge in [0, 0.05) is 5.56 Å². The maximum Gasteiger partial charge on any atom is 0.283 e. The molecule has 1 aromatic carbocycles. The van der Waals surface area contributed by atoms with Crippen molar-refractivity contribution in [3.63, 3.8) is 0 Å². The van der Waals surface area contributed by atoms with Crippen LogP contribution < -0.4 is 20.6 Å². The number of aryl methyl sites for hydroxylation is 1. The van der Waals surface area contributed by atoms with Crippen LogP contribution in [0.5, 0.6) is 17.2 Å². The number of methoxy groups -OCH3 is 2. The number of carbonyl (C=O) groups is 1. The van der Waals surface area contributed by atoms with Crippen molar-refractivity contribution in [2.24, 2.45) is 5.10 Å². The molecule has 0 atom stereocenters. The van der Waals surface area contributed by atoms with Crippen molar-refractivity contribution in [1.82, 2.24) is 10.4 Å². The second-order valence-corrected chi connectivity index (χ2v) is 5.47. The third-order valence-corrected chi connectivity index (χ3v) is 3.89. The minimum absolute atomic E-state index is 0.105. The van der Waals surface area contributed by atoms with E-state index in [-0.39, 0.29) is 17.2 Å². The maximum absolute atomic E-state index is 12.0. The van der Waals surface area contributed by atoms with Crippen LogP contribution in [0, 0.1) is 6.92 Å². The molecule has 0 aliphatic rings. The lowest BCUT2D eigenvalue weighted by molar-refractivity contribution is 0.0958. The van der Waals surface area contributed by atoms with Crippen LogP contribution in [0.3, 0.4) is 0 Å². The molecule has 23 heavy (non-hydrogen) atoms. The van der Waals surface area contributed by atoms with Gasteiger partial charge in [-0.2, -0.15) is 5.10 Å². The molecule has 0 bridgehead atoms. The molecular formula is C14H16N4O4S. The van der Waals surface area contributed by atoms with Crippen LogP contribution in [0.1, 0.15) is 20.9 Å². The Morgan fingerprint density at radius 1 is 1.39 bits per heavy atom. The first kappa shape index (κ1) is 16.6. The first-order valence-electron chi connectivity index (χ1n) is 6.47. The van der Waals surface area contributed by atoms with Gasteiger partial charge >= 0.3 is 0 Å². The first-order valence-corrected chi connectivity index (χ1v) is 7.29. The Morgan fingerprint density at radius 2 is 2.00 bits per heavy atom. The molecule has 0 saturated carbocycles. The van der Waals surface area contributed by atoms with Gasteiger partial charge in [0.15, 0.2) is 16.6 Å². The number of amides is 1. The number of nitrogens with one attached hydrogen (secondary N) is 1. The SMILES string of the molecule is COc1cc(/C=N/NC(=O)c2sc(N)nc2C)cc(OC)c1O. The van der Waals surface area contributed by atoms with E-state index < -0.39 is 5.91 Å². The summed E-state index contributed by atoms with van der Waals surface area (Å²) in [7, 11) is 2.85. The molecule has 1 heterocycles. The Balaban J connectivity index is 2.14. The Morgan fingerprint density at radius 3 is 2.48 bits per heavy atom. The summed E-state index contributed by atoms with van der Waals surface area (Å²) in [4.78, 5) is 16.3. The van der Waals surface area contributed by atoms with E-state index in [0.29, 0.717) is 21.3 Å². The molecule has 1 amide bonds. The van der Waals surface area contributed by atoms with Gasteiger partial charge in [0.25, 0.3) is 5.91 Å². The molecule has 0 saturated heterocycles. The number of phenolic OH excluding ortho intramolecular Hbond substituents is 1. The number of aromatic hydroxyl groups is 1. The standard InChI is InChI=1S/C14H16N4O4S/c1-7-12(23-14(15)17-7)13(20)18-16-6-8-4-9(21-2)11(19)10(5-8)22-3/h4-6,19H,1-3H3,(H2,15,17)(H,18,20)/b16-6+. The fourth-order valence-corrected chi connectivity index (χ4v) is 2.56. The third-order valence-electron chi connectivity index (χ3n) is 2.90. The predicted molar refractivity (Wildman–Crippen MR) is 87.5 cm³/mol. The highest BCUT2D eigenvalue weighted by molar-refractivity contribution is 7.17. The molecule has 2 aromatic rings. The highest BCUT2D eigenvalue weighted by Crippen LogP contribution is 2.36. The Kier molecular flexibility index (Phi) is 5.02. The van der Waals surface area contributed by atoms with Crippen molar-refractivity contribution in [1.29, 1.82) is 0 Å². The van der Waals surface area contributed by atoms with Crippen LogP contribution in [0.25, 0.3) is 0 Å². The fourth-order valence-electron chi connectivity index (χ4n) is 1.83. The van der Waals surface area contributed by atoms with Gasteiger partial charge in [-0.15, -0.1) is 0 Å². The van der Waals surface area contributed by atoms with Crippen LogP contribution in [0.4, 0.5) is 5.13 Å². The van der Waals surface area contributed by atoms with Crippen LogP contribution in [-0.4, -0.2) is 36.4 Å². The van der Waals surface area contributed by atoms with Gasteiger partial charge in [0.2, 0.25) is 5.75 Å². The summed E-state index contributed by atoms with van der Waals surface area (Å²) in [5, 5.41) is 14.0. The minimum Gasteiger partial charge on any atom is -0.502 e. The lowest BCUT2D eigenvalue weighted by Gasteiger charge is -2.09. The summed E-state index contributed by atoms with van der Waals surface area (Å²) in [5.74, 6) is -0.0241. The van der Waals surface area contributed by atoms with E-state index in [4.69, 9.17) is 15.2 Å². The van der Waals surface area contributed by atoms with Crippen LogP contribution in [0.2, 0.25) is 0 Å². The molecule has 0 aliphatic heterocycles. The van der Waals surface area contributed by atoms with Gasteiger partial charge in [0.05, 0.1) is 26.1 Å². The number of rotatable bonds is 5. The number of nitrogen functional groups attached to an aromatic ring is 1. The molecule has 9 heteroatoms. The van der Waals surface area contributed by atoms with E-state index in [1.165, 1.54) is 20.4 Å². The van der Waals surface area contributed by atoms with Crippen LogP contribution >= 0.6 is 11.3 Å². The summed E-state index contributed by atoms with van der Waals surface area (Å²) >= 11 is 1.09. The van der Waals surface area contributed by atoms with Crippen molar-refractivity contribution in [3.8, 4) is 17.2 Å². The number of carbonyl (C=O) groups excluding carboxylic acids is 1. The van der Waals surface area contributed by atoms with E-state index in [2.05, 4.69) is 15.5 Å². The summed E-state index contributed by atoms with van der Waals surface area (Å²) in [5.41, 5.74) is 9.08. The Labute approximate surface area is 136 Å². The molecule has 1 aromatic heterocycles. The van der Waals surface area contributed by atoms with E-state index >= 15 is 0 Å². The largest absolute Gasteiger partial charge is 0.502 e. The predicted octanol–water partition coefficient (Wildman–Crippen LogP) is 1.52. The highest BCUT2D eigenvalue weighted by Gasteiger charge is 2.13. The Bertz CT molecular complexity index is 732. The number of aromatic nitrogens is 1. The van der Waals surface area contributed by atoms with Gasteiger partial charge in [-0.25, -0.2) is 10.4 Å². The van der Waals surface area contributed by atoms with Crippen molar-refractivity contribution in [2.75, 3.05) is 20.0 Å². The summed E-state index contributed by atoms with van der Waals surface area (Å²) in [6, 6.07) is 3.12. The van der Waals surface area contributed by atoms with Crippen LogP contribution in [0.15, 0.2) is 17.2 Å². The molecule has 0 radical (unpaired) electrons. The van der Waals surface area contributed by atoms with E-state index in [0.717, 1.165) is 11.3 Å². The quantitative estimate of drug-likeness (QED) is 0.562. The molecule has 0 unspecified atom stereocenters. The van der Waals surface area contributed by atoms with Gasteiger partial charge in [-0.1, -0.05) is 11.3 Å².